The van der Waals surface area contributed by atoms with Crippen molar-refractivity contribution in [1.82, 2.24) is 0 Å². The zero-order valence-corrected chi connectivity index (χ0v) is 9.46. The van der Waals surface area contributed by atoms with Gasteiger partial charge in [-0.05, 0) is 20.3 Å². The molecule has 1 N–H and O–H groups in total. The average Bonchev–Trinajstić information content (AvgIpc) is 2.24. The van der Waals surface area contributed by atoms with E-state index < -0.39 is 0 Å². The number of carbonyl (C=O) groups excluding carboxylic acids is 1. The Morgan fingerprint density at radius 2 is 2.14 bits per heavy atom. The van der Waals surface area contributed by atoms with Crippen molar-refractivity contribution in [2.24, 2.45) is 5.41 Å². The van der Waals surface area contributed by atoms with Gasteiger partial charge in [0.15, 0.2) is 0 Å². The van der Waals surface area contributed by atoms with Crippen LogP contribution in [0, 0.1) is 5.41 Å². The van der Waals surface area contributed by atoms with Crippen LogP contribution in [0.15, 0.2) is 11.6 Å². The Morgan fingerprint density at radius 1 is 1.57 bits per heavy atom. The quantitative estimate of drug-likeness (QED) is 0.544. The van der Waals surface area contributed by atoms with E-state index in [2.05, 4.69) is 0 Å². The van der Waals surface area contributed by atoms with E-state index in [-0.39, 0.29) is 24.6 Å². The second kappa shape index (κ2) is 5.81. The smallest absolute Gasteiger partial charge is 0.333 e. The maximum absolute atomic E-state index is 11.3. The molecule has 0 amide bonds. The normalized spacial score (nSPS) is 16.2. The Kier molecular flexibility index (Phi) is 5.46. The zero-order chi connectivity index (χ0) is 11.2. The predicted molar refractivity (Wildman–Crippen MR) is 55.9 cm³/mol. The van der Waals surface area contributed by atoms with E-state index in [1.54, 1.807) is 19.9 Å². The van der Waals surface area contributed by atoms with Crippen LogP contribution in [0.3, 0.4) is 0 Å². The summed E-state index contributed by atoms with van der Waals surface area (Å²) < 4.78 is 5.07. The molecule has 0 heterocycles. The highest BCUT2D eigenvalue weighted by Gasteiger charge is 2.23. The summed E-state index contributed by atoms with van der Waals surface area (Å²) >= 11 is 0. The lowest BCUT2D eigenvalue weighted by Crippen LogP contribution is -2.28. The highest BCUT2D eigenvalue weighted by atomic mass is 16.5. The van der Waals surface area contributed by atoms with Gasteiger partial charge in [-0.1, -0.05) is 19.9 Å². The standard InChI is InChI=1S/C11H20O3/c1-5-9(3)10(13)14-8-11(4,6-2)7-12/h5,12H,6-8H2,1-4H3. The molecule has 3 nitrogen and oxygen atoms in total. The van der Waals surface area contributed by atoms with Crippen LogP contribution in [-0.4, -0.2) is 24.3 Å². The number of ether oxygens (including phenoxy) is 1. The summed E-state index contributed by atoms with van der Waals surface area (Å²) in [6.45, 7) is 7.67. The van der Waals surface area contributed by atoms with E-state index >= 15 is 0 Å². The molecular formula is C11H20O3. The number of aliphatic hydroxyl groups excluding tert-OH is 1. The number of hydrogen-bond acceptors (Lipinski definition) is 3. The first-order valence-electron chi connectivity index (χ1n) is 4.90. The van der Waals surface area contributed by atoms with Crippen LogP contribution in [-0.2, 0) is 9.53 Å². The van der Waals surface area contributed by atoms with Gasteiger partial charge in [0, 0.05) is 11.0 Å². The van der Waals surface area contributed by atoms with Gasteiger partial charge in [0.05, 0.1) is 13.2 Å². The molecule has 1 unspecified atom stereocenters. The van der Waals surface area contributed by atoms with Gasteiger partial charge in [0.25, 0.3) is 0 Å². The highest BCUT2D eigenvalue weighted by molar-refractivity contribution is 5.87. The average molecular weight is 200 g/mol. The van der Waals surface area contributed by atoms with Crippen molar-refractivity contribution >= 4 is 5.97 Å². The summed E-state index contributed by atoms with van der Waals surface area (Å²) in [5.74, 6) is -0.305. The topological polar surface area (TPSA) is 46.5 Å². The Hall–Kier alpha value is -0.830. The van der Waals surface area contributed by atoms with Gasteiger partial charge in [-0.15, -0.1) is 0 Å². The lowest BCUT2D eigenvalue weighted by atomic mass is 9.90. The van der Waals surface area contributed by atoms with Crippen molar-refractivity contribution in [3.05, 3.63) is 11.6 Å². The minimum absolute atomic E-state index is 0.0334. The van der Waals surface area contributed by atoms with Gasteiger partial charge >= 0.3 is 5.97 Å². The van der Waals surface area contributed by atoms with Crippen LogP contribution in [0.2, 0.25) is 0 Å². The summed E-state index contributed by atoms with van der Waals surface area (Å²) in [7, 11) is 0. The van der Waals surface area contributed by atoms with Crippen LogP contribution in [0.1, 0.15) is 34.1 Å². The lowest BCUT2D eigenvalue weighted by Gasteiger charge is -2.24. The van der Waals surface area contributed by atoms with E-state index in [0.29, 0.717) is 5.57 Å². The molecule has 0 aromatic rings. The summed E-state index contributed by atoms with van der Waals surface area (Å²) in [5.41, 5.74) is 0.283. The second-order valence-corrected chi connectivity index (χ2v) is 3.87. The lowest BCUT2D eigenvalue weighted by molar-refractivity contribution is -0.143. The molecule has 14 heavy (non-hydrogen) atoms. The predicted octanol–water partition coefficient (Wildman–Crippen LogP) is 1.90. The van der Waals surface area contributed by atoms with Crippen LogP contribution >= 0.6 is 0 Å². The Bertz CT molecular complexity index is 215. The Balaban J connectivity index is 4.11. The minimum atomic E-state index is -0.316. The molecule has 0 aliphatic rings. The van der Waals surface area contributed by atoms with Crippen molar-refractivity contribution < 1.29 is 14.6 Å². The van der Waals surface area contributed by atoms with E-state index in [9.17, 15) is 4.79 Å². The minimum Gasteiger partial charge on any atom is -0.462 e. The fourth-order valence-corrected chi connectivity index (χ4v) is 0.731. The molecule has 3 heteroatoms. The third-order valence-corrected chi connectivity index (χ3v) is 2.54. The fourth-order valence-electron chi connectivity index (χ4n) is 0.731. The highest BCUT2D eigenvalue weighted by Crippen LogP contribution is 2.20. The third-order valence-electron chi connectivity index (χ3n) is 2.54. The first kappa shape index (κ1) is 13.2. The molecule has 0 fully saturated rings. The van der Waals surface area contributed by atoms with E-state index in [0.717, 1.165) is 6.42 Å². The maximum Gasteiger partial charge on any atom is 0.333 e. The number of allylic oxidation sites excluding steroid dienone is 1. The maximum atomic E-state index is 11.3. The molecule has 0 aliphatic heterocycles. The fraction of sp³-hybridized carbons (Fsp3) is 0.727. The molecule has 0 aliphatic carbocycles. The van der Waals surface area contributed by atoms with Crippen molar-refractivity contribution in [1.29, 1.82) is 0 Å². The Morgan fingerprint density at radius 3 is 2.50 bits per heavy atom. The third kappa shape index (κ3) is 3.92. The van der Waals surface area contributed by atoms with Crippen molar-refractivity contribution in [2.45, 2.75) is 34.1 Å². The summed E-state index contributed by atoms with van der Waals surface area (Å²) in [5, 5.41) is 9.09. The zero-order valence-electron chi connectivity index (χ0n) is 9.46. The first-order valence-corrected chi connectivity index (χ1v) is 4.90. The summed E-state index contributed by atoms with van der Waals surface area (Å²) in [6, 6.07) is 0. The van der Waals surface area contributed by atoms with Crippen LogP contribution in [0.5, 0.6) is 0 Å². The van der Waals surface area contributed by atoms with Gasteiger partial charge in [-0.2, -0.15) is 0 Å². The van der Waals surface area contributed by atoms with E-state index in [1.807, 2.05) is 13.8 Å². The number of rotatable bonds is 5. The van der Waals surface area contributed by atoms with Gasteiger partial charge in [-0.25, -0.2) is 4.79 Å². The van der Waals surface area contributed by atoms with Crippen molar-refractivity contribution in [2.75, 3.05) is 13.2 Å². The van der Waals surface area contributed by atoms with Gasteiger partial charge < -0.3 is 9.84 Å². The molecule has 1 atom stereocenters. The van der Waals surface area contributed by atoms with Crippen LogP contribution in [0.4, 0.5) is 0 Å². The van der Waals surface area contributed by atoms with E-state index in [4.69, 9.17) is 9.84 Å². The molecule has 0 aromatic heterocycles. The number of carbonyl (C=O) groups is 1. The van der Waals surface area contributed by atoms with Crippen molar-refractivity contribution in [3.63, 3.8) is 0 Å². The first-order chi connectivity index (χ1) is 6.49. The van der Waals surface area contributed by atoms with Gasteiger partial charge in [-0.3, -0.25) is 0 Å². The largest absolute Gasteiger partial charge is 0.462 e. The van der Waals surface area contributed by atoms with Crippen LogP contribution < -0.4 is 0 Å². The van der Waals surface area contributed by atoms with Gasteiger partial charge in [0.2, 0.25) is 0 Å². The summed E-state index contributed by atoms with van der Waals surface area (Å²) in [6.07, 6.45) is 2.50. The molecule has 0 aromatic carbocycles. The molecule has 0 saturated carbocycles. The molecule has 82 valence electrons. The molecular weight excluding hydrogens is 180 g/mol. The monoisotopic (exact) mass is 200 g/mol. The number of esters is 1. The number of aliphatic hydroxyl groups is 1. The molecule has 0 saturated heterocycles. The number of hydrogen-bond donors (Lipinski definition) is 1. The summed E-state index contributed by atoms with van der Waals surface area (Å²) in [4.78, 5) is 11.3. The van der Waals surface area contributed by atoms with Crippen molar-refractivity contribution in [3.8, 4) is 0 Å². The molecule has 0 spiro atoms. The molecule has 0 rings (SSSR count). The second-order valence-electron chi connectivity index (χ2n) is 3.87. The SMILES string of the molecule is CC=C(C)C(=O)OCC(C)(CC)CO. The Labute approximate surface area is 85.8 Å². The van der Waals surface area contributed by atoms with Gasteiger partial charge in [0.1, 0.15) is 0 Å². The van der Waals surface area contributed by atoms with Crippen LogP contribution in [0.25, 0.3) is 0 Å². The molecule has 0 radical (unpaired) electrons. The molecule has 0 bridgehead atoms. The van der Waals surface area contributed by atoms with E-state index in [1.165, 1.54) is 0 Å².